The van der Waals surface area contributed by atoms with E-state index < -0.39 is 42.0 Å². The highest BCUT2D eigenvalue weighted by Crippen LogP contribution is 2.47. The van der Waals surface area contributed by atoms with Gasteiger partial charge in [-0.25, -0.2) is 0 Å². The summed E-state index contributed by atoms with van der Waals surface area (Å²) in [6.45, 7) is -1.05. The van der Waals surface area contributed by atoms with Crippen molar-refractivity contribution >= 4 is 11.9 Å². The van der Waals surface area contributed by atoms with E-state index in [2.05, 4.69) is 0 Å². The van der Waals surface area contributed by atoms with E-state index in [0.29, 0.717) is 12.8 Å². The Kier molecular flexibility index (Phi) is 4.43. The first-order valence-electron chi connectivity index (χ1n) is 7.33. The zero-order valence-electron chi connectivity index (χ0n) is 12.4. The molecule has 1 N–H and O–H groups in total. The van der Waals surface area contributed by atoms with Gasteiger partial charge in [0.05, 0.1) is 0 Å². The maximum absolute atomic E-state index is 13.2. The molecule has 1 unspecified atom stereocenters. The Morgan fingerprint density at radius 2 is 1.73 bits per heavy atom. The molecule has 2 aliphatic rings. The number of hydrogen-bond acceptors (Lipinski definition) is 3. The Morgan fingerprint density at radius 3 is 2.14 bits per heavy atom. The molecule has 1 aliphatic heterocycles. The SMILES string of the molecule is COC1(C(=O)N2CCC(C(=O)O)(C(F)(F)F)C2)CCCCC1. The quantitative estimate of drug-likeness (QED) is 0.865. The predicted molar refractivity (Wildman–Crippen MR) is 70.1 cm³/mol. The molecule has 0 spiro atoms. The van der Waals surface area contributed by atoms with Crippen LogP contribution in [0.5, 0.6) is 0 Å². The van der Waals surface area contributed by atoms with Gasteiger partial charge in [0.25, 0.3) is 5.91 Å². The largest absolute Gasteiger partial charge is 0.481 e. The van der Waals surface area contributed by atoms with Crippen LogP contribution >= 0.6 is 0 Å². The molecular weight excluding hydrogens is 303 g/mol. The Balaban J connectivity index is 2.21. The smallest absolute Gasteiger partial charge is 0.406 e. The number of rotatable bonds is 3. The van der Waals surface area contributed by atoms with Gasteiger partial charge in [0.15, 0.2) is 5.41 Å². The van der Waals surface area contributed by atoms with Gasteiger partial charge < -0.3 is 14.7 Å². The van der Waals surface area contributed by atoms with Crippen molar-refractivity contribution in [2.75, 3.05) is 20.2 Å². The number of nitrogens with zero attached hydrogens (tertiary/aromatic N) is 1. The molecule has 0 aromatic heterocycles. The van der Waals surface area contributed by atoms with Crippen LogP contribution in [0.3, 0.4) is 0 Å². The number of carboxylic acid groups (broad SMARTS) is 1. The second-order valence-electron chi connectivity index (χ2n) is 6.12. The van der Waals surface area contributed by atoms with Crippen molar-refractivity contribution in [2.45, 2.75) is 50.3 Å². The van der Waals surface area contributed by atoms with Gasteiger partial charge in [-0.3, -0.25) is 9.59 Å². The van der Waals surface area contributed by atoms with E-state index >= 15 is 0 Å². The van der Waals surface area contributed by atoms with Crippen molar-refractivity contribution in [1.29, 1.82) is 0 Å². The first-order valence-corrected chi connectivity index (χ1v) is 7.33. The summed E-state index contributed by atoms with van der Waals surface area (Å²) in [4.78, 5) is 24.8. The van der Waals surface area contributed by atoms with Crippen LogP contribution < -0.4 is 0 Å². The van der Waals surface area contributed by atoms with E-state index in [4.69, 9.17) is 9.84 Å². The lowest BCUT2D eigenvalue weighted by Crippen LogP contribution is -2.53. The summed E-state index contributed by atoms with van der Waals surface area (Å²) in [5.41, 5.74) is -3.97. The molecule has 2 rings (SSSR count). The summed E-state index contributed by atoms with van der Waals surface area (Å²) in [6.07, 6.45) is -2.07. The fourth-order valence-electron chi connectivity index (χ4n) is 3.43. The van der Waals surface area contributed by atoms with Crippen LogP contribution in [0.25, 0.3) is 0 Å². The molecule has 5 nitrogen and oxygen atoms in total. The van der Waals surface area contributed by atoms with Crippen LogP contribution in [0.4, 0.5) is 13.2 Å². The summed E-state index contributed by atoms with van der Waals surface area (Å²) in [5.74, 6) is -2.44. The van der Waals surface area contributed by atoms with Crippen LogP contribution in [-0.4, -0.2) is 53.9 Å². The van der Waals surface area contributed by atoms with Crippen molar-refractivity contribution in [3.8, 4) is 0 Å². The summed E-state index contributed by atoms with van der Waals surface area (Å²) in [7, 11) is 1.38. The van der Waals surface area contributed by atoms with Gasteiger partial charge >= 0.3 is 12.1 Å². The first-order chi connectivity index (χ1) is 10.2. The predicted octanol–water partition coefficient (Wildman–Crippen LogP) is 2.20. The number of ether oxygens (including phenoxy) is 1. The van der Waals surface area contributed by atoms with Crippen LogP contribution in [0.1, 0.15) is 38.5 Å². The van der Waals surface area contributed by atoms with E-state index in [-0.39, 0.29) is 6.54 Å². The zero-order chi connectivity index (χ0) is 16.6. The molecule has 22 heavy (non-hydrogen) atoms. The Labute approximate surface area is 126 Å². The number of carbonyl (C=O) groups excluding carboxylic acids is 1. The molecule has 0 aromatic rings. The number of methoxy groups -OCH3 is 1. The molecule has 0 radical (unpaired) electrons. The van der Waals surface area contributed by atoms with Crippen molar-refractivity contribution in [3.63, 3.8) is 0 Å². The lowest BCUT2D eigenvalue weighted by Gasteiger charge is -2.38. The molecule has 1 amide bonds. The minimum Gasteiger partial charge on any atom is -0.481 e. The number of alkyl halides is 3. The molecule has 1 atom stereocenters. The second-order valence-corrected chi connectivity index (χ2v) is 6.12. The van der Waals surface area contributed by atoms with Crippen molar-refractivity contribution in [1.82, 2.24) is 4.90 Å². The number of likely N-dealkylation sites (tertiary alicyclic amines) is 1. The fraction of sp³-hybridized carbons (Fsp3) is 0.857. The van der Waals surface area contributed by atoms with Gasteiger partial charge in [0.2, 0.25) is 0 Å². The minimum absolute atomic E-state index is 0.213. The summed E-state index contributed by atoms with van der Waals surface area (Å²) < 4.78 is 44.9. The number of aliphatic carboxylic acids is 1. The highest BCUT2D eigenvalue weighted by molar-refractivity contribution is 5.87. The van der Waals surface area contributed by atoms with Gasteiger partial charge in [-0.05, 0) is 19.3 Å². The highest BCUT2D eigenvalue weighted by atomic mass is 19.4. The van der Waals surface area contributed by atoms with E-state index in [1.54, 1.807) is 0 Å². The van der Waals surface area contributed by atoms with Crippen molar-refractivity contribution < 1.29 is 32.6 Å². The van der Waals surface area contributed by atoms with Crippen LogP contribution in [0.15, 0.2) is 0 Å². The molecule has 0 aromatic carbocycles. The molecule has 1 saturated heterocycles. The number of amides is 1. The Hall–Kier alpha value is -1.31. The van der Waals surface area contributed by atoms with Crippen molar-refractivity contribution in [3.05, 3.63) is 0 Å². The third-order valence-corrected chi connectivity index (χ3v) is 4.95. The topological polar surface area (TPSA) is 66.8 Å². The maximum Gasteiger partial charge on any atom is 0.406 e. The third kappa shape index (κ3) is 2.57. The summed E-state index contributed by atoms with van der Waals surface area (Å²) >= 11 is 0. The van der Waals surface area contributed by atoms with Crippen LogP contribution in [0.2, 0.25) is 0 Å². The minimum atomic E-state index is -4.89. The normalized spacial score (nSPS) is 28.6. The maximum atomic E-state index is 13.2. The molecular formula is C14H20F3NO4. The summed E-state index contributed by atoms with van der Waals surface area (Å²) in [5, 5.41) is 9.04. The monoisotopic (exact) mass is 323 g/mol. The first kappa shape index (κ1) is 17.1. The average molecular weight is 323 g/mol. The fourth-order valence-corrected chi connectivity index (χ4v) is 3.43. The summed E-state index contributed by atoms with van der Waals surface area (Å²) in [6, 6.07) is 0. The standard InChI is InChI=1S/C14H20F3NO4/c1-22-13(5-3-2-4-6-13)10(19)18-8-7-12(9-18,11(20)21)14(15,16)17/h2-9H2,1H3,(H,20,21). The van der Waals surface area contributed by atoms with Crippen molar-refractivity contribution in [2.24, 2.45) is 5.41 Å². The number of carbonyl (C=O) groups is 2. The van der Waals surface area contributed by atoms with Gasteiger partial charge in [0.1, 0.15) is 5.60 Å². The Bertz CT molecular complexity index is 459. The molecule has 2 fully saturated rings. The van der Waals surface area contributed by atoms with Crippen LogP contribution in [0, 0.1) is 5.41 Å². The Morgan fingerprint density at radius 1 is 1.14 bits per heavy atom. The lowest BCUT2D eigenvalue weighted by molar-refractivity contribution is -0.227. The van der Waals surface area contributed by atoms with E-state index in [9.17, 15) is 22.8 Å². The van der Waals surface area contributed by atoms with Gasteiger partial charge in [-0.1, -0.05) is 19.3 Å². The van der Waals surface area contributed by atoms with Crippen LogP contribution in [-0.2, 0) is 14.3 Å². The third-order valence-electron chi connectivity index (χ3n) is 4.95. The second kappa shape index (κ2) is 5.72. The van der Waals surface area contributed by atoms with Gasteiger partial charge in [0, 0.05) is 20.2 Å². The van der Waals surface area contributed by atoms with E-state index in [1.165, 1.54) is 7.11 Å². The lowest BCUT2D eigenvalue weighted by atomic mass is 9.83. The molecule has 8 heteroatoms. The number of halogens is 3. The molecule has 1 saturated carbocycles. The molecule has 1 aliphatic carbocycles. The molecule has 126 valence electrons. The molecule has 1 heterocycles. The van der Waals surface area contributed by atoms with E-state index in [0.717, 1.165) is 24.2 Å². The molecule has 0 bridgehead atoms. The van der Waals surface area contributed by atoms with E-state index in [1.807, 2.05) is 0 Å². The van der Waals surface area contributed by atoms with Gasteiger partial charge in [-0.15, -0.1) is 0 Å². The number of carboxylic acids is 1. The zero-order valence-corrected chi connectivity index (χ0v) is 12.4. The highest BCUT2D eigenvalue weighted by Gasteiger charge is 2.65. The average Bonchev–Trinajstić information content (AvgIpc) is 2.93. The van der Waals surface area contributed by atoms with Gasteiger partial charge in [-0.2, -0.15) is 13.2 Å². The number of hydrogen-bond donors (Lipinski definition) is 1.